The number of aliphatic carboxylic acids is 1. The minimum atomic E-state index is -2.39. The minimum absolute atomic E-state index is 0.839. The number of rotatable bonds is 3. The van der Waals surface area contributed by atoms with Crippen LogP contribution in [0.1, 0.15) is 6.92 Å². The average molecular weight is 172 g/mol. The van der Waals surface area contributed by atoms with Gasteiger partial charge in [-0.15, -0.1) is 0 Å². The van der Waals surface area contributed by atoms with Gasteiger partial charge in [0.2, 0.25) is 7.30 Å². The zero-order chi connectivity index (χ0) is 7.44. The molecule has 0 fully saturated rings. The molecule has 0 aromatic rings. The molecule has 0 aliphatic heterocycles. The highest BCUT2D eigenvalue weighted by Crippen LogP contribution is 2.20. The van der Waals surface area contributed by atoms with Crippen molar-refractivity contribution in [2.24, 2.45) is 0 Å². The zero-order valence-corrected chi connectivity index (χ0v) is 6.47. The van der Waals surface area contributed by atoms with Crippen molar-refractivity contribution in [2.45, 2.75) is 13.0 Å². The van der Waals surface area contributed by atoms with E-state index in [4.69, 9.17) is 16.3 Å². The van der Waals surface area contributed by atoms with Crippen molar-refractivity contribution < 1.29 is 14.5 Å². The van der Waals surface area contributed by atoms with Crippen LogP contribution in [0.25, 0.3) is 0 Å². The summed E-state index contributed by atoms with van der Waals surface area (Å²) in [5.41, 5.74) is 0. The smallest absolute Gasteiger partial charge is 0.320 e. The highest BCUT2D eigenvalue weighted by Gasteiger charge is 2.10. The molecule has 0 heterocycles. The number of nitrogens with one attached hydrogen (secondary N) is 1. The first kappa shape index (κ1) is 8.95. The molecule has 0 aliphatic carbocycles. The van der Waals surface area contributed by atoms with Gasteiger partial charge in [-0.3, -0.25) is 9.36 Å². The van der Waals surface area contributed by atoms with E-state index in [-0.39, 0.29) is 0 Å². The molecular formula is C3H7ClNO3P. The molecule has 0 aromatic heterocycles. The summed E-state index contributed by atoms with van der Waals surface area (Å²) in [6.45, 7) is 1.37. The van der Waals surface area contributed by atoms with Crippen molar-refractivity contribution in [1.82, 2.24) is 5.09 Å². The van der Waals surface area contributed by atoms with Crippen LogP contribution >= 0.6 is 18.5 Å². The fraction of sp³-hybridized carbons (Fsp3) is 0.667. The van der Waals surface area contributed by atoms with Gasteiger partial charge >= 0.3 is 5.97 Å². The lowest BCUT2D eigenvalue weighted by atomic mass is 10.4. The van der Waals surface area contributed by atoms with Gasteiger partial charge in [0.05, 0.1) is 0 Å². The van der Waals surface area contributed by atoms with Crippen LogP contribution in [0, 0.1) is 0 Å². The van der Waals surface area contributed by atoms with Crippen LogP contribution in [-0.2, 0) is 9.36 Å². The highest BCUT2D eigenvalue weighted by molar-refractivity contribution is 7.72. The van der Waals surface area contributed by atoms with Gasteiger partial charge in [-0.1, -0.05) is 0 Å². The number of carbonyl (C=O) groups is 1. The van der Waals surface area contributed by atoms with Crippen LogP contribution in [0.2, 0.25) is 0 Å². The van der Waals surface area contributed by atoms with Crippen LogP contribution in [0.3, 0.4) is 0 Å². The van der Waals surface area contributed by atoms with E-state index in [0.29, 0.717) is 0 Å². The first-order chi connectivity index (χ1) is 4.04. The fourth-order valence-electron chi connectivity index (χ4n) is 0.232. The van der Waals surface area contributed by atoms with Crippen LogP contribution in [0.4, 0.5) is 0 Å². The SMILES string of the molecule is CC(N[PH](=O)Cl)C(=O)O. The second kappa shape index (κ2) is 3.88. The molecule has 0 aromatic carbocycles. The minimum Gasteiger partial charge on any atom is -0.480 e. The van der Waals surface area contributed by atoms with Crippen molar-refractivity contribution in [1.29, 1.82) is 0 Å². The number of carboxylic acid groups (broad SMARTS) is 1. The third kappa shape index (κ3) is 4.45. The maximum atomic E-state index is 10.1. The standard InChI is InChI=1S/C3H7ClNO3P/c1-2(3(6)7)5-9(4)8/h2,9H,1H3,(H,5,8)(H,6,7). The lowest BCUT2D eigenvalue weighted by molar-refractivity contribution is -0.138. The lowest BCUT2D eigenvalue weighted by Gasteiger charge is -2.02. The van der Waals surface area contributed by atoms with E-state index in [0.717, 1.165) is 0 Å². The zero-order valence-electron chi connectivity index (χ0n) is 4.72. The molecule has 6 heteroatoms. The Labute approximate surface area is 57.8 Å². The Hall–Kier alpha value is -0.0500. The second-order valence-corrected chi connectivity index (χ2v) is 3.34. The predicted octanol–water partition coefficient (Wildman–Crippen LogP) is 0.678. The molecule has 4 nitrogen and oxygen atoms in total. The van der Waals surface area contributed by atoms with Gasteiger partial charge in [0, 0.05) is 0 Å². The summed E-state index contributed by atoms with van der Waals surface area (Å²) in [6, 6.07) is -0.839. The molecule has 9 heavy (non-hydrogen) atoms. The average Bonchev–Trinajstić information content (AvgIpc) is 1.63. The molecule has 0 saturated heterocycles. The number of hydrogen-bond donors (Lipinski definition) is 2. The molecule has 0 radical (unpaired) electrons. The van der Waals surface area contributed by atoms with Crippen molar-refractivity contribution >= 4 is 24.5 Å². The van der Waals surface area contributed by atoms with E-state index in [2.05, 4.69) is 5.09 Å². The van der Waals surface area contributed by atoms with Gasteiger partial charge in [-0.2, -0.15) is 0 Å². The largest absolute Gasteiger partial charge is 0.480 e. The molecule has 0 saturated carbocycles. The summed E-state index contributed by atoms with van der Waals surface area (Å²) in [5.74, 6) is -1.06. The Morgan fingerprint density at radius 2 is 2.33 bits per heavy atom. The molecule has 0 amide bonds. The highest BCUT2D eigenvalue weighted by atomic mass is 35.7. The Balaban J connectivity index is 3.63. The van der Waals surface area contributed by atoms with Crippen molar-refractivity contribution in [3.8, 4) is 0 Å². The lowest BCUT2D eigenvalue weighted by Crippen LogP contribution is -2.27. The van der Waals surface area contributed by atoms with Crippen LogP contribution in [0.5, 0.6) is 0 Å². The van der Waals surface area contributed by atoms with E-state index in [1.807, 2.05) is 0 Å². The molecular weight excluding hydrogens is 164 g/mol. The van der Waals surface area contributed by atoms with Crippen molar-refractivity contribution in [3.63, 3.8) is 0 Å². The molecule has 54 valence electrons. The Kier molecular flexibility index (Phi) is 3.86. The topological polar surface area (TPSA) is 66.4 Å². The number of halogens is 1. The fourth-order valence-corrected chi connectivity index (χ4v) is 1.19. The summed E-state index contributed by atoms with van der Waals surface area (Å²) in [7, 11) is -2.39. The first-order valence-corrected chi connectivity index (χ1v) is 4.65. The monoisotopic (exact) mass is 171 g/mol. The molecule has 2 N–H and O–H groups in total. The predicted molar refractivity (Wildman–Crippen MR) is 35.1 cm³/mol. The molecule has 0 rings (SSSR count). The van der Waals surface area contributed by atoms with Gasteiger partial charge in [0.15, 0.2) is 0 Å². The Bertz CT molecular complexity index is 139. The summed E-state index contributed by atoms with van der Waals surface area (Å²) >= 11 is 4.99. The third-order valence-electron chi connectivity index (χ3n) is 0.700. The van der Waals surface area contributed by atoms with Crippen molar-refractivity contribution in [2.75, 3.05) is 0 Å². The van der Waals surface area contributed by atoms with Crippen molar-refractivity contribution in [3.05, 3.63) is 0 Å². The van der Waals surface area contributed by atoms with Gasteiger partial charge in [-0.05, 0) is 18.2 Å². The summed E-state index contributed by atoms with van der Waals surface area (Å²) in [6.07, 6.45) is 0. The van der Waals surface area contributed by atoms with Crippen LogP contribution in [-0.4, -0.2) is 17.1 Å². The summed E-state index contributed by atoms with van der Waals surface area (Å²) in [4.78, 5) is 9.99. The molecule has 0 aliphatic rings. The number of carboxylic acids is 1. The quantitative estimate of drug-likeness (QED) is 0.613. The normalized spacial score (nSPS) is 16.7. The maximum absolute atomic E-state index is 10.1. The van der Waals surface area contributed by atoms with E-state index in [1.54, 1.807) is 0 Å². The van der Waals surface area contributed by atoms with Crippen LogP contribution < -0.4 is 5.09 Å². The van der Waals surface area contributed by atoms with Gasteiger partial charge < -0.3 is 5.11 Å². The second-order valence-electron chi connectivity index (χ2n) is 1.48. The van der Waals surface area contributed by atoms with Crippen LogP contribution in [0.15, 0.2) is 0 Å². The first-order valence-electron chi connectivity index (χ1n) is 2.23. The summed E-state index contributed by atoms with van der Waals surface area (Å²) in [5, 5.41) is 10.3. The Morgan fingerprint density at radius 1 is 1.89 bits per heavy atom. The summed E-state index contributed by atoms with van der Waals surface area (Å²) < 4.78 is 10.1. The molecule has 0 bridgehead atoms. The van der Waals surface area contributed by atoms with E-state index < -0.39 is 19.3 Å². The van der Waals surface area contributed by atoms with Gasteiger partial charge in [-0.25, -0.2) is 5.09 Å². The van der Waals surface area contributed by atoms with E-state index in [1.165, 1.54) is 6.92 Å². The third-order valence-corrected chi connectivity index (χ3v) is 1.69. The molecule has 0 spiro atoms. The van der Waals surface area contributed by atoms with Gasteiger partial charge in [0.1, 0.15) is 6.04 Å². The number of hydrogen-bond acceptors (Lipinski definition) is 2. The maximum Gasteiger partial charge on any atom is 0.320 e. The van der Waals surface area contributed by atoms with E-state index >= 15 is 0 Å². The molecule has 2 atom stereocenters. The van der Waals surface area contributed by atoms with Gasteiger partial charge in [0.25, 0.3) is 0 Å². The Morgan fingerprint density at radius 3 is 2.44 bits per heavy atom. The molecule has 2 unspecified atom stereocenters. The van der Waals surface area contributed by atoms with E-state index in [9.17, 15) is 9.36 Å².